The second-order valence-electron chi connectivity index (χ2n) is 6.42. The van der Waals surface area contributed by atoms with E-state index >= 15 is 0 Å². The standard InChI is InChI=1S/C21H18F3N3O3/c1-3-17(29)27-11-14-10-16(13-4-6-15(7-5-13)30-21(22,23)24)19-20(18(14)12(2)28)26-9-8-25-19/h3-10,12,28H,1,11H2,2H3,(H,27,29)/t12-/m0/s1. The van der Waals surface area contributed by atoms with Gasteiger partial charge in [-0.15, -0.1) is 13.2 Å². The Hall–Kier alpha value is -3.46. The number of halogens is 3. The molecule has 0 unspecified atom stereocenters. The number of hydrogen-bond acceptors (Lipinski definition) is 5. The van der Waals surface area contributed by atoms with Crippen LogP contribution in [0, 0.1) is 0 Å². The fraction of sp³-hybridized carbons (Fsp3) is 0.190. The molecule has 0 saturated heterocycles. The summed E-state index contributed by atoms with van der Waals surface area (Å²) >= 11 is 0. The van der Waals surface area contributed by atoms with Crippen molar-refractivity contribution in [2.75, 3.05) is 0 Å². The van der Waals surface area contributed by atoms with Crippen LogP contribution in [-0.4, -0.2) is 27.3 Å². The summed E-state index contributed by atoms with van der Waals surface area (Å²) in [4.78, 5) is 20.3. The first-order valence-corrected chi connectivity index (χ1v) is 8.90. The Labute approximate surface area is 170 Å². The molecule has 1 aromatic heterocycles. The van der Waals surface area contributed by atoms with Crippen LogP contribution in [0.1, 0.15) is 24.2 Å². The Morgan fingerprint density at radius 3 is 2.43 bits per heavy atom. The fourth-order valence-electron chi connectivity index (χ4n) is 3.13. The van der Waals surface area contributed by atoms with Gasteiger partial charge < -0.3 is 15.2 Å². The van der Waals surface area contributed by atoms with Gasteiger partial charge in [0.05, 0.1) is 17.1 Å². The SMILES string of the molecule is C=CC(=O)NCc1cc(-c2ccc(OC(F)(F)F)cc2)c2nccnc2c1[C@H](C)O. The summed E-state index contributed by atoms with van der Waals surface area (Å²) in [6.45, 7) is 5.08. The van der Waals surface area contributed by atoms with Gasteiger partial charge in [0.25, 0.3) is 0 Å². The molecule has 0 aliphatic rings. The van der Waals surface area contributed by atoms with Crippen molar-refractivity contribution >= 4 is 16.9 Å². The molecule has 3 rings (SSSR count). The molecule has 0 aliphatic carbocycles. The van der Waals surface area contributed by atoms with Gasteiger partial charge in [-0.1, -0.05) is 18.7 Å². The Morgan fingerprint density at radius 2 is 1.87 bits per heavy atom. The Morgan fingerprint density at radius 1 is 1.23 bits per heavy atom. The molecule has 1 atom stereocenters. The summed E-state index contributed by atoms with van der Waals surface area (Å²) in [5.41, 5.74) is 3.16. The van der Waals surface area contributed by atoms with Crippen LogP contribution in [0.25, 0.3) is 22.2 Å². The quantitative estimate of drug-likeness (QED) is 0.591. The first kappa shape index (κ1) is 21.3. The number of alkyl halides is 3. The summed E-state index contributed by atoms with van der Waals surface area (Å²) < 4.78 is 41.2. The highest BCUT2D eigenvalue weighted by Crippen LogP contribution is 2.35. The van der Waals surface area contributed by atoms with E-state index < -0.39 is 12.5 Å². The van der Waals surface area contributed by atoms with Gasteiger partial charge in [-0.2, -0.15) is 0 Å². The number of benzene rings is 2. The maximum Gasteiger partial charge on any atom is 0.573 e. The average Bonchev–Trinajstić information content (AvgIpc) is 2.70. The molecule has 1 amide bonds. The zero-order chi connectivity index (χ0) is 21.9. The van der Waals surface area contributed by atoms with E-state index in [9.17, 15) is 23.1 Å². The molecular weight excluding hydrogens is 399 g/mol. The molecular formula is C21H18F3N3O3. The lowest BCUT2D eigenvalue weighted by Crippen LogP contribution is -2.21. The first-order valence-electron chi connectivity index (χ1n) is 8.90. The molecule has 30 heavy (non-hydrogen) atoms. The van der Waals surface area contributed by atoms with Gasteiger partial charge in [0.15, 0.2) is 0 Å². The molecule has 6 nitrogen and oxygen atoms in total. The predicted octanol–water partition coefficient (Wildman–Crippen LogP) is 4.05. The van der Waals surface area contributed by atoms with Crippen molar-refractivity contribution in [3.63, 3.8) is 0 Å². The fourth-order valence-corrected chi connectivity index (χ4v) is 3.13. The number of hydrogen-bond donors (Lipinski definition) is 2. The van der Waals surface area contributed by atoms with E-state index in [1.807, 2.05) is 0 Å². The molecule has 0 fully saturated rings. The molecule has 0 aliphatic heterocycles. The van der Waals surface area contributed by atoms with Gasteiger partial charge in [0.2, 0.25) is 5.91 Å². The molecule has 1 heterocycles. The van der Waals surface area contributed by atoms with Crippen molar-refractivity contribution in [2.24, 2.45) is 0 Å². The lowest BCUT2D eigenvalue weighted by Gasteiger charge is -2.18. The monoisotopic (exact) mass is 417 g/mol. The van der Waals surface area contributed by atoms with Crippen molar-refractivity contribution in [3.05, 3.63) is 66.5 Å². The number of carbonyl (C=O) groups is 1. The van der Waals surface area contributed by atoms with Gasteiger partial charge in [0, 0.05) is 30.1 Å². The first-order chi connectivity index (χ1) is 14.2. The molecule has 0 spiro atoms. The number of rotatable bonds is 6. The lowest BCUT2D eigenvalue weighted by atomic mass is 9.94. The summed E-state index contributed by atoms with van der Waals surface area (Å²) in [5, 5.41) is 13.0. The van der Waals surface area contributed by atoms with Gasteiger partial charge in [0.1, 0.15) is 5.75 Å². The smallest absolute Gasteiger partial charge is 0.406 e. The van der Waals surface area contributed by atoms with Crippen LogP contribution in [-0.2, 0) is 11.3 Å². The number of amides is 1. The number of nitrogens with one attached hydrogen (secondary N) is 1. The minimum absolute atomic E-state index is 0.0971. The van der Waals surface area contributed by atoms with Crippen molar-refractivity contribution in [1.29, 1.82) is 0 Å². The van der Waals surface area contributed by atoms with Crippen LogP contribution in [0.3, 0.4) is 0 Å². The van der Waals surface area contributed by atoms with Crippen LogP contribution in [0.4, 0.5) is 13.2 Å². The van der Waals surface area contributed by atoms with Crippen molar-refractivity contribution in [3.8, 4) is 16.9 Å². The highest BCUT2D eigenvalue weighted by atomic mass is 19.4. The van der Waals surface area contributed by atoms with Gasteiger partial charge in [-0.25, -0.2) is 0 Å². The van der Waals surface area contributed by atoms with E-state index in [2.05, 4.69) is 26.6 Å². The summed E-state index contributed by atoms with van der Waals surface area (Å²) in [6, 6.07) is 7.07. The van der Waals surface area contributed by atoms with E-state index in [-0.39, 0.29) is 18.2 Å². The second-order valence-corrected chi connectivity index (χ2v) is 6.42. The third-order valence-corrected chi connectivity index (χ3v) is 4.33. The normalized spacial score (nSPS) is 12.4. The number of aromatic nitrogens is 2. The zero-order valence-electron chi connectivity index (χ0n) is 15.9. The van der Waals surface area contributed by atoms with Crippen molar-refractivity contribution in [1.82, 2.24) is 15.3 Å². The summed E-state index contributed by atoms with van der Waals surface area (Å²) in [5.74, 6) is -0.735. The molecule has 9 heteroatoms. The number of nitrogens with zero attached hydrogens (tertiary/aromatic N) is 2. The molecule has 0 radical (unpaired) electrons. The van der Waals surface area contributed by atoms with E-state index in [1.54, 1.807) is 13.0 Å². The van der Waals surface area contributed by atoms with E-state index in [4.69, 9.17) is 0 Å². The number of aliphatic hydroxyl groups excluding tert-OH is 1. The zero-order valence-corrected chi connectivity index (χ0v) is 15.9. The third kappa shape index (κ3) is 4.74. The van der Waals surface area contributed by atoms with Crippen LogP contribution < -0.4 is 10.1 Å². The van der Waals surface area contributed by atoms with Gasteiger partial charge >= 0.3 is 6.36 Å². The Balaban J connectivity index is 2.13. The van der Waals surface area contributed by atoms with Crippen LogP contribution in [0.5, 0.6) is 5.75 Å². The van der Waals surface area contributed by atoms with Gasteiger partial charge in [-0.05, 0) is 42.3 Å². The Kier molecular flexibility index (Phi) is 6.02. The van der Waals surface area contributed by atoms with E-state index in [0.29, 0.717) is 33.3 Å². The van der Waals surface area contributed by atoms with E-state index in [0.717, 1.165) is 6.08 Å². The van der Waals surface area contributed by atoms with Crippen LogP contribution in [0.2, 0.25) is 0 Å². The largest absolute Gasteiger partial charge is 0.573 e. The lowest BCUT2D eigenvalue weighted by molar-refractivity contribution is -0.274. The molecule has 2 N–H and O–H groups in total. The maximum absolute atomic E-state index is 12.4. The topological polar surface area (TPSA) is 84.3 Å². The molecule has 0 bridgehead atoms. The highest BCUT2D eigenvalue weighted by molar-refractivity contribution is 5.95. The predicted molar refractivity (Wildman–Crippen MR) is 104 cm³/mol. The third-order valence-electron chi connectivity index (χ3n) is 4.33. The number of fused-ring (bicyclic) bond motifs is 1. The van der Waals surface area contributed by atoms with Crippen LogP contribution in [0.15, 0.2) is 55.4 Å². The maximum atomic E-state index is 12.4. The number of carbonyl (C=O) groups excluding carboxylic acids is 1. The number of aliphatic hydroxyl groups is 1. The molecule has 2 aromatic carbocycles. The van der Waals surface area contributed by atoms with Crippen LogP contribution >= 0.6 is 0 Å². The molecule has 156 valence electrons. The highest BCUT2D eigenvalue weighted by Gasteiger charge is 2.31. The molecule has 3 aromatic rings. The molecule has 0 saturated carbocycles. The average molecular weight is 417 g/mol. The minimum atomic E-state index is -4.78. The van der Waals surface area contributed by atoms with Crippen molar-refractivity contribution < 1.29 is 27.8 Å². The summed E-state index contributed by atoms with van der Waals surface area (Å²) in [6.07, 6.45) is -1.59. The minimum Gasteiger partial charge on any atom is -0.406 e. The second kappa shape index (κ2) is 8.50. The number of ether oxygens (including phenoxy) is 1. The van der Waals surface area contributed by atoms with Crippen molar-refractivity contribution in [2.45, 2.75) is 25.9 Å². The van der Waals surface area contributed by atoms with Gasteiger partial charge in [-0.3, -0.25) is 14.8 Å². The Bertz CT molecular complexity index is 1080. The van der Waals surface area contributed by atoms with E-state index in [1.165, 1.54) is 36.7 Å². The summed E-state index contributed by atoms with van der Waals surface area (Å²) in [7, 11) is 0.